The number of fused-ring (bicyclic) bond motifs is 1. The summed E-state index contributed by atoms with van der Waals surface area (Å²) in [7, 11) is -0.898. The van der Waals surface area contributed by atoms with Crippen molar-refractivity contribution >= 4 is 15.9 Å². The Morgan fingerprint density at radius 3 is 2.56 bits per heavy atom. The van der Waals surface area contributed by atoms with E-state index in [4.69, 9.17) is 9.47 Å². The minimum absolute atomic E-state index is 0.0329. The third-order valence-corrected chi connectivity index (χ3v) is 8.99. The average molecular weight is 557 g/mol. The molecule has 208 valence electrons. The van der Waals surface area contributed by atoms with E-state index in [1.54, 1.807) is 39.3 Å². The lowest BCUT2D eigenvalue weighted by molar-refractivity contribution is 0.0560. The molecule has 0 aromatic heterocycles. The number of halogens is 1. The van der Waals surface area contributed by atoms with Crippen LogP contribution >= 0.6 is 0 Å². The summed E-state index contributed by atoms with van der Waals surface area (Å²) in [5.41, 5.74) is 1.46. The fourth-order valence-corrected chi connectivity index (χ4v) is 6.44. The van der Waals surface area contributed by atoms with Crippen LogP contribution < -0.4 is 9.47 Å². The Kier molecular flexibility index (Phi) is 8.58. The number of ether oxygens (including phenoxy) is 2. The predicted molar refractivity (Wildman–Crippen MR) is 146 cm³/mol. The molecule has 1 heterocycles. The molecule has 1 aliphatic heterocycles. The molecule has 1 amide bonds. The molecule has 3 atom stereocenters. The van der Waals surface area contributed by atoms with Crippen molar-refractivity contribution in [1.82, 2.24) is 9.21 Å². The SMILES string of the molecule is COc1cccc(-c2ccc3c(c2)O[C@@H](CN(C)C(=O)c2ccccc2F)[C@@H](C)CN([C@H](C)CO)S3(=O)=O)c1. The summed E-state index contributed by atoms with van der Waals surface area (Å²) in [6.45, 7) is 3.25. The highest BCUT2D eigenvalue weighted by Gasteiger charge is 2.38. The van der Waals surface area contributed by atoms with Gasteiger partial charge in [-0.15, -0.1) is 0 Å². The Hall–Kier alpha value is -3.47. The highest BCUT2D eigenvalue weighted by atomic mass is 32.2. The second kappa shape index (κ2) is 11.7. The van der Waals surface area contributed by atoms with Crippen molar-refractivity contribution in [3.63, 3.8) is 0 Å². The van der Waals surface area contributed by atoms with E-state index < -0.39 is 33.9 Å². The quantitative estimate of drug-likeness (QED) is 0.472. The van der Waals surface area contributed by atoms with Crippen LogP contribution in [0.5, 0.6) is 11.5 Å². The van der Waals surface area contributed by atoms with E-state index in [0.717, 1.165) is 5.56 Å². The van der Waals surface area contributed by atoms with Gasteiger partial charge in [0.1, 0.15) is 28.3 Å². The number of methoxy groups -OCH3 is 1. The van der Waals surface area contributed by atoms with Gasteiger partial charge in [0.2, 0.25) is 10.0 Å². The van der Waals surface area contributed by atoms with Crippen LogP contribution in [0.3, 0.4) is 0 Å². The number of benzene rings is 3. The van der Waals surface area contributed by atoms with Gasteiger partial charge in [-0.2, -0.15) is 4.31 Å². The second-order valence-corrected chi connectivity index (χ2v) is 11.7. The maximum atomic E-state index is 14.3. The van der Waals surface area contributed by atoms with E-state index in [1.807, 2.05) is 31.2 Å². The molecule has 10 heteroatoms. The Morgan fingerprint density at radius 2 is 1.87 bits per heavy atom. The molecule has 0 saturated carbocycles. The predicted octanol–water partition coefficient (Wildman–Crippen LogP) is 4.04. The molecule has 0 saturated heterocycles. The number of sulfonamides is 1. The lowest BCUT2D eigenvalue weighted by atomic mass is 10.0. The number of amides is 1. The van der Waals surface area contributed by atoms with Gasteiger partial charge in [-0.25, -0.2) is 12.8 Å². The number of hydrogen-bond donors (Lipinski definition) is 1. The Morgan fingerprint density at radius 1 is 1.15 bits per heavy atom. The van der Waals surface area contributed by atoms with Crippen LogP contribution in [0, 0.1) is 11.7 Å². The first-order chi connectivity index (χ1) is 18.6. The summed E-state index contributed by atoms with van der Waals surface area (Å²) < 4.78 is 54.8. The first kappa shape index (κ1) is 28.5. The first-order valence-corrected chi connectivity index (χ1v) is 14.1. The van der Waals surface area contributed by atoms with Gasteiger partial charge >= 0.3 is 0 Å². The molecule has 8 nitrogen and oxygen atoms in total. The third kappa shape index (κ3) is 5.93. The van der Waals surface area contributed by atoms with Crippen LogP contribution in [-0.4, -0.2) is 74.6 Å². The summed E-state index contributed by atoms with van der Waals surface area (Å²) in [5.74, 6) is -0.727. The minimum Gasteiger partial charge on any atom is -0.497 e. The molecule has 0 bridgehead atoms. The summed E-state index contributed by atoms with van der Waals surface area (Å²) in [5, 5.41) is 9.86. The Balaban J connectivity index is 1.76. The van der Waals surface area contributed by atoms with E-state index in [0.29, 0.717) is 11.3 Å². The van der Waals surface area contributed by atoms with E-state index >= 15 is 0 Å². The monoisotopic (exact) mass is 556 g/mol. The number of aliphatic hydroxyl groups is 1. The van der Waals surface area contributed by atoms with Crippen LogP contribution in [-0.2, 0) is 10.0 Å². The molecule has 4 rings (SSSR count). The maximum absolute atomic E-state index is 14.3. The van der Waals surface area contributed by atoms with Crippen LogP contribution in [0.25, 0.3) is 11.1 Å². The number of likely N-dealkylation sites (N-methyl/N-ethyl adjacent to an activating group) is 1. The van der Waals surface area contributed by atoms with Crippen molar-refractivity contribution in [1.29, 1.82) is 0 Å². The molecule has 3 aromatic carbocycles. The highest BCUT2D eigenvalue weighted by molar-refractivity contribution is 7.89. The molecule has 1 aliphatic rings. The van der Waals surface area contributed by atoms with E-state index in [9.17, 15) is 22.7 Å². The first-order valence-electron chi connectivity index (χ1n) is 12.6. The van der Waals surface area contributed by atoms with Crippen molar-refractivity contribution < 1.29 is 32.2 Å². The fraction of sp³-hybridized carbons (Fsp3) is 0.345. The number of aliphatic hydroxyl groups excluding tert-OH is 1. The number of nitrogens with zero attached hydrogens (tertiary/aromatic N) is 2. The average Bonchev–Trinajstić information content (AvgIpc) is 2.94. The molecular formula is C29H33FN2O6S. The van der Waals surface area contributed by atoms with E-state index in [2.05, 4.69) is 0 Å². The summed E-state index contributed by atoms with van der Waals surface area (Å²) in [6, 6.07) is 17.3. The van der Waals surface area contributed by atoms with Crippen LogP contribution in [0.4, 0.5) is 4.39 Å². The van der Waals surface area contributed by atoms with Crippen molar-refractivity contribution in [3.8, 4) is 22.6 Å². The topological polar surface area (TPSA) is 96.4 Å². The highest BCUT2D eigenvalue weighted by Crippen LogP contribution is 2.37. The van der Waals surface area contributed by atoms with E-state index in [1.165, 1.54) is 33.5 Å². The zero-order chi connectivity index (χ0) is 28.3. The third-order valence-electron chi connectivity index (χ3n) is 6.97. The van der Waals surface area contributed by atoms with Gasteiger partial charge in [-0.3, -0.25) is 4.79 Å². The summed E-state index contributed by atoms with van der Waals surface area (Å²) >= 11 is 0. The standard InChI is InChI=1S/C29H33FN2O6S/c1-19-16-32(20(2)18-33)39(35,36)28-13-12-22(21-8-7-9-23(14-21)37-4)15-26(28)38-27(19)17-31(3)29(34)24-10-5-6-11-25(24)30/h5-15,19-20,27,33H,16-18H2,1-4H3/t19-,20+,27-/m0/s1. The van der Waals surface area contributed by atoms with Gasteiger partial charge in [0, 0.05) is 25.6 Å². The molecule has 0 aliphatic carbocycles. The zero-order valence-corrected chi connectivity index (χ0v) is 23.2. The smallest absolute Gasteiger partial charge is 0.256 e. The number of carbonyl (C=O) groups is 1. The largest absolute Gasteiger partial charge is 0.497 e. The van der Waals surface area contributed by atoms with Gasteiger partial charge in [-0.1, -0.05) is 37.3 Å². The fourth-order valence-electron chi connectivity index (χ4n) is 4.62. The summed E-state index contributed by atoms with van der Waals surface area (Å²) in [6.07, 6.45) is -0.631. The number of rotatable bonds is 7. The van der Waals surface area contributed by atoms with Crippen LogP contribution in [0.15, 0.2) is 71.6 Å². The van der Waals surface area contributed by atoms with Gasteiger partial charge in [0.25, 0.3) is 5.91 Å². The van der Waals surface area contributed by atoms with Gasteiger partial charge in [0.05, 0.1) is 25.8 Å². The lowest BCUT2D eigenvalue weighted by Crippen LogP contribution is -2.50. The zero-order valence-electron chi connectivity index (χ0n) is 22.4. The lowest BCUT2D eigenvalue weighted by Gasteiger charge is -2.37. The van der Waals surface area contributed by atoms with E-state index in [-0.39, 0.29) is 41.8 Å². The molecule has 3 aromatic rings. The van der Waals surface area contributed by atoms with Crippen LogP contribution in [0.1, 0.15) is 24.2 Å². The molecule has 0 unspecified atom stereocenters. The molecule has 0 radical (unpaired) electrons. The molecule has 0 spiro atoms. The maximum Gasteiger partial charge on any atom is 0.256 e. The summed E-state index contributed by atoms with van der Waals surface area (Å²) in [4.78, 5) is 14.4. The van der Waals surface area contributed by atoms with Gasteiger partial charge in [0.15, 0.2) is 0 Å². The molecule has 1 N–H and O–H groups in total. The number of carbonyl (C=O) groups excluding carboxylic acids is 1. The molecular weight excluding hydrogens is 523 g/mol. The Bertz CT molecular complexity index is 1450. The van der Waals surface area contributed by atoms with Crippen molar-refractivity contribution in [2.24, 2.45) is 5.92 Å². The van der Waals surface area contributed by atoms with Gasteiger partial charge in [-0.05, 0) is 54.4 Å². The van der Waals surface area contributed by atoms with Crippen LogP contribution in [0.2, 0.25) is 0 Å². The second-order valence-electron chi connectivity index (χ2n) is 9.80. The Labute approximate surface area is 228 Å². The van der Waals surface area contributed by atoms with Crippen molar-refractivity contribution in [2.45, 2.75) is 30.9 Å². The van der Waals surface area contributed by atoms with Gasteiger partial charge < -0.3 is 19.5 Å². The van der Waals surface area contributed by atoms with Crippen molar-refractivity contribution in [3.05, 3.63) is 78.1 Å². The van der Waals surface area contributed by atoms with Crippen molar-refractivity contribution in [2.75, 3.05) is 33.9 Å². The molecule has 39 heavy (non-hydrogen) atoms. The minimum atomic E-state index is -4.02. The normalized spacial score (nSPS) is 19.6. The molecule has 0 fully saturated rings. The number of hydrogen-bond acceptors (Lipinski definition) is 6.